The van der Waals surface area contributed by atoms with Crippen molar-refractivity contribution in [3.8, 4) is 0 Å². The molecule has 0 aromatic heterocycles. The number of benzene rings is 2. The number of amidine groups is 1. The molecule has 0 saturated heterocycles. The van der Waals surface area contributed by atoms with Crippen molar-refractivity contribution in [2.24, 2.45) is 10.7 Å². The molecule has 114 valence electrons. The molecule has 3 rings (SSSR count). The summed E-state index contributed by atoms with van der Waals surface area (Å²) in [7, 11) is 0. The largest absolute Gasteiger partial charge is 0.387 e. The van der Waals surface area contributed by atoms with E-state index in [4.69, 9.17) is 5.73 Å². The Morgan fingerprint density at radius 1 is 1.09 bits per heavy atom. The zero-order valence-corrected chi connectivity index (χ0v) is 13.0. The van der Waals surface area contributed by atoms with Gasteiger partial charge in [0.2, 0.25) is 0 Å². The van der Waals surface area contributed by atoms with E-state index in [0.29, 0.717) is 0 Å². The molecule has 0 bridgehead atoms. The quantitative estimate of drug-likeness (QED) is 0.910. The van der Waals surface area contributed by atoms with Crippen LogP contribution in [0.3, 0.4) is 0 Å². The molecule has 3 N–H and O–H groups in total. The van der Waals surface area contributed by atoms with Gasteiger partial charge in [0.05, 0.1) is 5.84 Å². The Labute approximate surface area is 132 Å². The Kier molecular flexibility index (Phi) is 4.54. The molecular formula is C19H23N3. The molecule has 22 heavy (non-hydrogen) atoms. The first kappa shape index (κ1) is 14.8. The molecular weight excluding hydrogens is 270 g/mol. The summed E-state index contributed by atoms with van der Waals surface area (Å²) in [6.45, 7) is 3.07. The molecule has 0 saturated carbocycles. The van der Waals surface area contributed by atoms with Crippen LogP contribution >= 0.6 is 0 Å². The lowest BCUT2D eigenvalue weighted by atomic mass is 9.99. The van der Waals surface area contributed by atoms with Crippen LogP contribution < -0.4 is 11.1 Å². The summed E-state index contributed by atoms with van der Waals surface area (Å²) >= 11 is 0. The maximum atomic E-state index is 5.83. The van der Waals surface area contributed by atoms with Crippen molar-refractivity contribution >= 4 is 5.84 Å². The standard InChI is InChI=1S/C19H23N3/c1-14-4-2-3-5-16(14)9-6-15-7-10-17(11-8-15)19-21-13-12-18(20)22-19/h2-5,7-8,10-11,19,21H,6,9,12-13H2,1H3,(H2,20,22). The molecule has 2 aromatic rings. The van der Waals surface area contributed by atoms with Gasteiger partial charge in [-0.25, -0.2) is 4.99 Å². The maximum Gasteiger partial charge on any atom is 0.127 e. The number of rotatable bonds is 4. The zero-order valence-electron chi connectivity index (χ0n) is 13.0. The van der Waals surface area contributed by atoms with Gasteiger partial charge in [-0.2, -0.15) is 0 Å². The Balaban J connectivity index is 1.65. The van der Waals surface area contributed by atoms with E-state index in [9.17, 15) is 0 Å². The molecule has 0 aliphatic carbocycles. The second-order valence-corrected chi connectivity index (χ2v) is 5.90. The third-order valence-electron chi connectivity index (χ3n) is 4.25. The van der Waals surface area contributed by atoms with E-state index in [1.165, 1.54) is 22.3 Å². The van der Waals surface area contributed by atoms with Gasteiger partial charge < -0.3 is 5.73 Å². The Bertz CT molecular complexity index is 659. The van der Waals surface area contributed by atoms with E-state index < -0.39 is 0 Å². The molecule has 1 atom stereocenters. The highest BCUT2D eigenvalue weighted by Gasteiger charge is 2.14. The summed E-state index contributed by atoms with van der Waals surface area (Å²) in [4.78, 5) is 4.47. The SMILES string of the molecule is Cc1ccccc1CCc1ccc(C2N=C(N)CCN2)cc1. The fourth-order valence-electron chi connectivity index (χ4n) is 2.84. The Morgan fingerprint density at radius 3 is 2.59 bits per heavy atom. The molecule has 0 radical (unpaired) electrons. The fourth-order valence-corrected chi connectivity index (χ4v) is 2.84. The molecule has 1 unspecified atom stereocenters. The van der Waals surface area contributed by atoms with Crippen LogP contribution in [-0.4, -0.2) is 12.4 Å². The van der Waals surface area contributed by atoms with Crippen molar-refractivity contribution in [2.75, 3.05) is 6.54 Å². The minimum atomic E-state index is 0.0131. The lowest BCUT2D eigenvalue weighted by Gasteiger charge is -2.20. The highest BCUT2D eigenvalue weighted by Crippen LogP contribution is 2.19. The van der Waals surface area contributed by atoms with Gasteiger partial charge in [0.1, 0.15) is 6.17 Å². The van der Waals surface area contributed by atoms with Crippen molar-refractivity contribution in [1.82, 2.24) is 5.32 Å². The first-order chi connectivity index (χ1) is 10.7. The van der Waals surface area contributed by atoms with E-state index in [1.807, 2.05) is 0 Å². The van der Waals surface area contributed by atoms with Crippen molar-refractivity contribution < 1.29 is 0 Å². The number of aryl methyl sites for hydroxylation is 3. The molecule has 1 heterocycles. The second-order valence-electron chi connectivity index (χ2n) is 5.90. The minimum Gasteiger partial charge on any atom is -0.387 e. The first-order valence-corrected chi connectivity index (χ1v) is 7.91. The number of nitrogens with zero attached hydrogens (tertiary/aromatic N) is 1. The molecule has 0 fully saturated rings. The van der Waals surface area contributed by atoms with Crippen molar-refractivity contribution in [1.29, 1.82) is 0 Å². The Hall–Kier alpha value is -2.13. The molecule has 1 aliphatic rings. The van der Waals surface area contributed by atoms with E-state index >= 15 is 0 Å². The number of nitrogens with two attached hydrogens (primary N) is 1. The minimum absolute atomic E-state index is 0.0131. The normalized spacial score (nSPS) is 18.0. The number of hydrogen-bond acceptors (Lipinski definition) is 3. The smallest absolute Gasteiger partial charge is 0.127 e. The summed E-state index contributed by atoms with van der Waals surface area (Å²) in [6.07, 6.45) is 3.00. The number of nitrogens with one attached hydrogen (secondary N) is 1. The van der Waals surface area contributed by atoms with Crippen LogP contribution in [0.25, 0.3) is 0 Å². The summed E-state index contributed by atoms with van der Waals surface area (Å²) in [5, 5.41) is 3.38. The summed E-state index contributed by atoms with van der Waals surface area (Å²) < 4.78 is 0. The van der Waals surface area contributed by atoms with Gasteiger partial charge in [-0.1, -0.05) is 48.5 Å². The Morgan fingerprint density at radius 2 is 1.86 bits per heavy atom. The summed E-state index contributed by atoms with van der Waals surface area (Å²) in [5.41, 5.74) is 11.2. The fraction of sp³-hybridized carbons (Fsp3) is 0.316. The highest BCUT2D eigenvalue weighted by atomic mass is 15.1. The van der Waals surface area contributed by atoms with Gasteiger partial charge in [0, 0.05) is 13.0 Å². The van der Waals surface area contributed by atoms with Crippen molar-refractivity contribution in [3.63, 3.8) is 0 Å². The van der Waals surface area contributed by atoms with Crippen LogP contribution in [0.4, 0.5) is 0 Å². The van der Waals surface area contributed by atoms with E-state index in [0.717, 1.165) is 31.6 Å². The number of aliphatic imine (C=N–C) groups is 1. The van der Waals surface area contributed by atoms with Crippen LogP contribution in [0.5, 0.6) is 0 Å². The summed E-state index contributed by atoms with van der Waals surface area (Å²) in [5.74, 6) is 0.743. The third-order valence-corrected chi connectivity index (χ3v) is 4.25. The van der Waals surface area contributed by atoms with E-state index in [1.54, 1.807) is 0 Å². The lowest BCUT2D eigenvalue weighted by Crippen LogP contribution is -2.32. The van der Waals surface area contributed by atoms with Gasteiger partial charge in [0.15, 0.2) is 0 Å². The zero-order chi connectivity index (χ0) is 15.4. The predicted molar refractivity (Wildman–Crippen MR) is 92.0 cm³/mol. The highest BCUT2D eigenvalue weighted by molar-refractivity contribution is 5.81. The van der Waals surface area contributed by atoms with Gasteiger partial charge in [-0.3, -0.25) is 5.32 Å². The van der Waals surface area contributed by atoms with Crippen LogP contribution in [0.15, 0.2) is 53.5 Å². The second kappa shape index (κ2) is 6.75. The van der Waals surface area contributed by atoms with E-state index in [-0.39, 0.29) is 6.17 Å². The molecule has 1 aliphatic heterocycles. The molecule has 3 nitrogen and oxygen atoms in total. The van der Waals surface area contributed by atoms with Gasteiger partial charge in [0.25, 0.3) is 0 Å². The van der Waals surface area contributed by atoms with Gasteiger partial charge in [-0.05, 0) is 42.0 Å². The molecule has 3 heteroatoms. The molecule has 2 aromatic carbocycles. The topological polar surface area (TPSA) is 50.4 Å². The lowest BCUT2D eigenvalue weighted by molar-refractivity contribution is 0.539. The van der Waals surface area contributed by atoms with Crippen molar-refractivity contribution in [3.05, 3.63) is 70.8 Å². The monoisotopic (exact) mass is 293 g/mol. The average Bonchev–Trinajstić information content (AvgIpc) is 2.55. The number of hydrogen-bond donors (Lipinski definition) is 2. The molecule has 0 amide bonds. The van der Waals surface area contributed by atoms with Crippen LogP contribution in [0.2, 0.25) is 0 Å². The van der Waals surface area contributed by atoms with Crippen LogP contribution in [-0.2, 0) is 12.8 Å². The van der Waals surface area contributed by atoms with Crippen LogP contribution in [0.1, 0.15) is 34.8 Å². The first-order valence-electron chi connectivity index (χ1n) is 7.91. The third kappa shape index (κ3) is 3.55. The van der Waals surface area contributed by atoms with Gasteiger partial charge in [-0.15, -0.1) is 0 Å². The van der Waals surface area contributed by atoms with Crippen LogP contribution in [0, 0.1) is 6.92 Å². The van der Waals surface area contributed by atoms with Gasteiger partial charge >= 0.3 is 0 Å². The van der Waals surface area contributed by atoms with E-state index in [2.05, 4.69) is 65.8 Å². The average molecular weight is 293 g/mol. The predicted octanol–water partition coefficient (Wildman–Crippen LogP) is 3.13. The molecule has 0 spiro atoms. The summed E-state index contributed by atoms with van der Waals surface area (Å²) in [6, 6.07) is 17.3. The maximum absolute atomic E-state index is 5.83. The van der Waals surface area contributed by atoms with Crippen molar-refractivity contribution in [2.45, 2.75) is 32.4 Å².